The number of nitrogens with zero attached hydrogens (tertiary/aromatic N) is 1. The monoisotopic (exact) mass is 308 g/mol. The lowest BCUT2D eigenvalue weighted by Gasteiger charge is -2.39. The van der Waals surface area contributed by atoms with E-state index in [1.807, 2.05) is 22.4 Å². The zero-order chi connectivity index (χ0) is 14.9. The molecule has 0 aromatic carbocycles. The molecule has 0 radical (unpaired) electrons. The Morgan fingerprint density at radius 3 is 2.76 bits per heavy atom. The number of carboxylic acids is 1. The minimum Gasteiger partial charge on any atom is -0.480 e. The van der Waals surface area contributed by atoms with E-state index in [1.165, 1.54) is 0 Å². The molecular weight excluding hydrogens is 288 g/mol. The normalized spacial score (nSPS) is 24.4. The molecule has 1 amide bonds. The van der Waals surface area contributed by atoms with Crippen LogP contribution in [0.2, 0.25) is 0 Å². The van der Waals surface area contributed by atoms with Gasteiger partial charge in [0.1, 0.15) is 6.04 Å². The van der Waals surface area contributed by atoms with Crippen LogP contribution in [0, 0.1) is 5.41 Å². The molecule has 2 fully saturated rings. The third-order valence-corrected chi connectivity index (χ3v) is 5.62. The second-order valence-electron chi connectivity index (χ2n) is 6.11. The van der Waals surface area contributed by atoms with E-state index in [4.69, 9.17) is 5.11 Å². The van der Waals surface area contributed by atoms with E-state index < -0.39 is 12.0 Å². The number of piperidine rings is 1. The Morgan fingerprint density at radius 2 is 2.19 bits per heavy atom. The number of likely N-dealkylation sites (tertiary alicyclic amines) is 1. The highest BCUT2D eigenvalue weighted by molar-refractivity contribution is 7.10. The van der Waals surface area contributed by atoms with Gasteiger partial charge in [-0.15, -0.1) is 11.3 Å². The van der Waals surface area contributed by atoms with E-state index in [0.717, 1.165) is 37.4 Å². The maximum atomic E-state index is 12.3. The molecule has 6 heteroatoms. The van der Waals surface area contributed by atoms with Crippen LogP contribution < -0.4 is 5.32 Å². The Balaban J connectivity index is 1.53. The van der Waals surface area contributed by atoms with Crippen LogP contribution >= 0.6 is 11.3 Å². The van der Waals surface area contributed by atoms with Crippen LogP contribution in [0.15, 0.2) is 17.5 Å². The first kappa shape index (κ1) is 14.5. The fourth-order valence-corrected chi connectivity index (χ4v) is 4.07. The summed E-state index contributed by atoms with van der Waals surface area (Å²) in [5.41, 5.74) is 0.0722. The van der Waals surface area contributed by atoms with Gasteiger partial charge < -0.3 is 15.3 Å². The average molecular weight is 308 g/mol. The second kappa shape index (κ2) is 5.77. The predicted octanol–water partition coefficient (Wildman–Crippen LogP) is 1.35. The van der Waals surface area contributed by atoms with E-state index in [-0.39, 0.29) is 11.3 Å². The summed E-state index contributed by atoms with van der Waals surface area (Å²) in [6, 6.07) is 3.54. The van der Waals surface area contributed by atoms with Gasteiger partial charge in [-0.1, -0.05) is 6.07 Å². The molecular formula is C15H20N2O3S. The van der Waals surface area contributed by atoms with Crippen molar-refractivity contribution < 1.29 is 14.7 Å². The number of nitrogens with one attached hydrogen (secondary N) is 1. The van der Waals surface area contributed by atoms with Crippen molar-refractivity contribution in [3.8, 4) is 0 Å². The minimum absolute atomic E-state index is 0.0722. The van der Waals surface area contributed by atoms with Gasteiger partial charge >= 0.3 is 5.97 Å². The number of thiophene rings is 1. The number of carbonyl (C=O) groups excluding carboxylic acids is 1. The third kappa shape index (κ3) is 3.11. The van der Waals surface area contributed by atoms with E-state index in [2.05, 4.69) is 5.32 Å². The Kier molecular flexibility index (Phi) is 3.99. The zero-order valence-electron chi connectivity index (χ0n) is 11.9. The second-order valence-corrected chi connectivity index (χ2v) is 7.15. The van der Waals surface area contributed by atoms with Gasteiger partial charge in [-0.2, -0.15) is 0 Å². The minimum atomic E-state index is -0.761. The molecule has 0 aliphatic carbocycles. The first-order valence-corrected chi connectivity index (χ1v) is 8.22. The number of carbonyl (C=O) groups is 2. The van der Waals surface area contributed by atoms with Crippen molar-refractivity contribution in [2.75, 3.05) is 19.6 Å². The molecule has 1 aromatic heterocycles. The first-order chi connectivity index (χ1) is 10.1. The van der Waals surface area contributed by atoms with Gasteiger partial charge in [-0.3, -0.25) is 9.59 Å². The molecule has 1 atom stereocenters. The van der Waals surface area contributed by atoms with Gasteiger partial charge in [0.25, 0.3) is 0 Å². The van der Waals surface area contributed by atoms with Crippen molar-refractivity contribution in [2.24, 2.45) is 5.41 Å². The van der Waals surface area contributed by atoms with Crippen molar-refractivity contribution in [1.82, 2.24) is 10.2 Å². The van der Waals surface area contributed by atoms with Gasteiger partial charge in [0.05, 0.1) is 6.42 Å². The van der Waals surface area contributed by atoms with Crippen LogP contribution in [-0.4, -0.2) is 47.6 Å². The molecule has 0 saturated carbocycles. The first-order valence-electron chi connectivity index (χ1n) is 7.34. The summed E-state index contributed by atoms with van der Waals surface area (Å²) < 4.78 is 0. The van der Waals surface area contributed by atoms with Crippen LogP contribution in [0.5, 0.6) is 0 Å². The maximum absolute atomic E-state index is 12.3. The Morgan fingerprint density at radius 1 is 1.43 bits per heavy atom. The Hall–Kier alpha value is -1.40. The van der Waals surface area contributed by atoms with Gasteiger partial charge in [-0.05, 0) is 36.1 Å². The van der Waals surface area contributed by atoms with E-state index in [0.29, 0.717) is 12.8 Å². The topological polar surface area (TPSA) is 69.6 Å². The number of hydrogen-bond donors (Lipinski definition) is 2. The summed E-state index contributed by atoms with van der Waals surface area (Å²) in [5.74, 6) is -0.573. The van der Waals surface area contributed by atoms with Gasteiger partial charge in [0, 0.05) is 24.5 Å². The molecule has 1 aromatic rings. The average Bonchev–Trinajstić information content (AvgIpc) is 3.10. The lowest BCUT2D eigenvalue weighted by molar-refractivity contribution is -0.139. The van der Waals surface area contributed by atoms with Crippen LogP contribution in [0.25, 0.3) is 0 Å². The molecule has 21 heavy (non-hydrogen) atoms. The zero-order valence-corrected chi connectivity index (χ0v) is 12.7. The lowest BCUT2D eigenvalue weighted by atomic mass is 9.76. The molecule has 114 valence electrons. The highest BCUT2D eigenvalue weighted by atomic mass is 32.1. The van der Waals surface area contributed by atoms with Gasteiger partial charge in [0.15, 0.2) is 0 Å². The van der Waals surface area contributed by atoms with Crippen molar-refractivity contribution in [3.63, 3.8) is 0 Å². The van der Waals surface area contributed by atoms with Crippen molar-refractivity contribution in [2.45, 2.75) is 31.7 Å². The molecule has 0 unspecified atom stereocenters. The number of amides is 1. The molecule has 2 N–H and O–H groups in total. The molecule has 3 heterocycles. The Bertz CT molecular complexity index is 521. The molecule has 2 aliphatic rings. The van der Waals surface area contributed by atoms with Crippen molar-refractivity contribution >= 4 is 23.2 Å². The summed E-state index contributed by atoms with van der Waals surface area (Å²) >= 11 is 1.61. The SMILES string of the molecule is O=C(O)[C@H]1CC2(CCN(C(=O)Cc3cccs3)CC2)CN1. The van der Waals surface area contributed by atoms with E-state index >= 15 is 0 Å². The standard InChI is InChI=1S/C15H20N2O3S/c18-13(8-11-2-1-7-21-11)17-5-3-15(4-6-17)9-12(14(19)20)16-10-15/h1-2,7,12,16H,3-6,8-10H2,(H,19,20)/t12-/m1/s1. The van der Waals surface area contributed by atoms with E-state index in [1.54, 1.807) is 11.3 Å². The number of carboxylic acid groups (broad SMARTS) is 1. The van der Waals surface area contributed by atoms with Crippen LogP contribution in [0.1, 0.15) is 24.1 Å². The maximum Gasteiger partial charge on any atom is 0.320 e. The summed E-state index contributed by atoms with van der Waals surface area (Å²) in [7, 11) is 0. The number of hydrogen-bond acceptors (Lipinski definition) is 4. The molecule has 5 nitrogen and oxygen atoms in total. The van der Waals surface area contributed by atoms with Crippen LogP contribution in [0.4, 0.5) is 0 Å². The van der Waals surface area contributed by atoms with Gasteiger partial charge in [0.2, 0.25) is 5.91 Å². The largest absolute Gasteiger partial charge is 0.480 e. The summed E-state index contributed by atoms with van der Waals surface area (Å²) in [6.45, 7) is 2.26. The summed E-state index contributed by atoms with van der Waals surface area (Å²) in [6.07, 6.45) is 2.98. The lowest BCUT2D eigenvalue weighted by Crippen LogP contribution is -2.44. The quantitative estimate of drug-likeness (QED) is 0.884. The smallest absolute Gasteiger partial charge is 0.320 e. The number of aliphatic carboxylic acids is 1. The van der Waals surface area contributed by atoms with Crippen molar-refractivity contribution in [3.05, 3.63) is 22.4 Å². The Labute approximate surface area is 128 Å². The predicted molar refractivity (Wildman–Crippen MR) is 80.3 cm³/mol. The van der Waals surface area contributed by atoms with Crippen LogP contribution in [-0.2, 0) is 16.0 Å². The van der Waals surface area contributed by atoms with Crippen molar-refractivity contribution in [1.29, 1.82) is 0 Å². The highest BCUT2D eigenvalue weighted by Crippen LogP contribution is 2.39. The highest BCUT2D eigenvalue weighted by Gasteiger charge is 2.44. The molecule has 3 rings (SSSR count). The molecule has 2 aliphatic heterocycles. The summed E-state index contributed by atoms with van der Waals surface area (Å²) in [5, 5.41) is 14.2. The molecule has 1 spiro atoms. The fraction of sp³-hybridized carbons (Fsp3) is 0.600. The molecule has 2 saturated heterocycles. The van der Waals surface area contributed by atoms with Gasteiger partial charge in [-0.25, -0.2) is 0 Å². The van der Waals surface area contributed by atoms with E-state index in [9.17, 15) is 9.59 Å². The summed E-state index contributed by atoms with van der Waals surface area (Å²) in [4.78, 5) is 26.4. The number of rotatable bonds is 3. The molecule has 0 bridgehead atoms. The fourth-order valence-electron chi connectivity index (χ4n) is 3.38. The van der Waals surface area contributed by atoms with Crippen LogP contribution in [0.3, 0.4) is 0 Å². The third-order valence-electron chi connectivity index (χ3n) is 4.74.